The predicted molar refractivity (Wildman–Crippen MR) is 121 cm³/mol. The van der Waals surface area contributed by atoms with Gasteiger partial charge in [-0.05, 0) is 89.3 Å². The second kappa shape index (κ2) is 8.03. The Labute approximate surface area is 189 Å². The Hall–Kier alpha value is -3.40. The van der Waals surface area contributed by atoms with Crippen LogP contribution in [0.25, 0.3) is 28.0 Å². The van der Waals surface area contributed by atoms with Crippen molar-refractivity contribution in [1.29, 1.82) is 0 Å². The van der Waals surface area contributed by atoms with E-state index in [1.165, 1.54) is 18.2 Å². The molecule has 0 fully saturated rings. The van der Waals surface area contributed by atoms with Crippen LogP contribution in [0.4, 0.5) is 8.78 Å². The summed E-state index contributed by atoms with van der Waals surface area (Å²) < 4.78 is 34.7. The molecule has 3 aromatic carbocycles. The van der Waals surface area contributed by atoms with E-state index in [1.54, 1.807) is 35.1 Å². The molecule has 0 saturated heterocycles. The van der Waals surface area contributed by atoms with Crippen LogP contribution < -0.4 is 4.74 Å². The third-order valence-corrected chi connectivity index (χ3v) is 5.48. The van der Waals surface area contributed by atoms with Gasteiger partial charge in [-0.25, -0.2) is 18.4 Å². The molecule has 0 aliphatic carbocycles. The van der Waals surface area contributed by atoms with Crippen LogP contribution in [-0.4, -0.2) is 20.0 Å². The fourth-order valence-electron chi connectivity index (χ4n) is 3.13. The minimum absolute atomic E-state index is 0.286. The highest BCUT2D eigenvalue weighted by Crippen LogP contribution is 2.31. The van der Waals surface area contributed by atoms with E-state index in [0.29, 0.717) is 32.1 Å². The van der Waals surface area contributed by atoms with Crippen LogP contribution in [0.3, 0.4) is 0 Å². The van der Waals surface area contributed by atoms with E-state index < -0.39 is 0 Å². The summed E-state index contributed by atoms with van der Waals surface area (Å²) in [6.45, 7) is 0. The van der Waals surface area contributed by atoms with E-state index in [-0.39, 0.29) is 11.6 Å². The lowest BCUT2D eigenvalue weighted by Gasteiger charge is -2.10. The van der Waals surface area contributed by atoms with Gasteiger partial charge in [-0.1, -0.05) is 11.3 Å². The number of rotatable bonds is 4. The van der Waals surface area contributed by atoms with Crippen molar-refractivity contribution < 1.29 is 13.5 Å². The summed E-state index contributed by atoms with van der Waals surface area (Å²) in [5.74, 6) is 0.568. The Morgan fingerprint density at radius 3 is 2.52 bits per heavy atom. The predicted octanol–water partition coefficient (Wildman–Crippen LogP) is 6.16. The number of hydrogen-bond acceptors (Lipinski definition) is 4. The number of aromatic nitrogens is 4. The van der Waals surface area contributed by atoms with Crippen LogP contribution in [0.15, 0.2) is 79.0 Å². The van der Waals surface area contributed by atoms with E-state index >= 15 is 0 Å². The van der Waals surface area contributed by atoms with Crippen molar-refractivity contribution in [2.75, 3.05) is 0 Å². The van der Waals surface area contributed by atoms with Gasteiger partial charge in [0.1, 0.15) is 28.8 Å². The summed E-state index contributed by atoms with van der Waals surface area (Å²) in [7, 11) is 0. The van der Waals surface area contributed by atoms with Gasteiger partial charge in [0.25, 0.3) is 0 Å². The third kappa shape index (κ3) is 3.98. The van der Waals surface area contributed by atoms with Gasteiger partial charge in [-0.3, -0.25) is 0 Å². The van der Waals surface area contributed by atoms with Gasteiger partial charge in [0.2, 0.25) is 0 Å². The lowest BCUT2D eigenvalue weighted by molar-refractivity contribution is 0.485. The first kappa shape index (κ1) is 19.6. The van der Waals surface area contributed by atoms with Crippen LogP contribution >= 0.6 is 22.6 Å². The maximum atomic E-state index is 13.5. The molecular formula is C23H13F2IN4O. The standard InChI is InChI=1S/C23H13F2IN4O/c24-14-4-6-15(7-5-14)30-13-22(28-29-30)21-11-9-17-20(27-21)2-1-3-23(17)31-16-8-10-18(25)19(26)12-16/h1-13H. The van der Waals surface area contributed by atoms with Crippen molar-refractivity contribution >= 4 is 33.5 Å². The highest BCUT2D eigenvalue weighted by molar-refractivity contribution is 14.1. The first-order chi connectivity index (χ1) is 15.1. The molecule has 5 aromatic rings. The molecule has 0 radical (unpaired) electrons. The summed E-state index contributed by atoms with van der Waals surface area (Å²) in [4.78, 5) is 4.68. The quantitative estimate of drug-likeness (QED) is 0.264. The molecule has 0 spiro atoms. The monoisotopic (exact) mass is 526 g/mol. The van der Waals surface area contributed by atoms with E-state index in [4.69, 9.17) is 4.74 Å². The number of fused-ring (bicyclic) bond motifs is 1. The number of halogens is 3. The van der Waals surface area contributed by atoms with Crippen LogP contribution in [0.5, 0.6) is 11.5 Å². The average molecular weight is 526 g/mol. The lowest BCUT2D eigenvalue weighted by atomic mass is 10.1. The molecule has 0 atom stereocenters. The smallest absolute Gasteiger partial charge is 0.136 e. The second-order valence-electron chi connectivity index (χ2n) is 6.72. The van der Waals surface area contributed by atoms with E-state index in [1.807, 2.05) is 52.9 Å². The Kier molecular flexibility index (Phi) is 5.06. The summed E-state index contributed by atoms with van der Waals surface area (Å²) in [5.41, 5.74) is 2.66. The molecule has 0 aliphatic heterocycles. The molecule has 5 nitrogen and oxygen atoms in total. The number of hydrogen-bond donors (Lipinski definition) is 0. The molecule has 0 unspecified atom stereocenters. The van der Waals surface area contributed by atoms with Crippen molar-refractivity contribution in [3.63, 3.8) is 0 Å². The molecular weight excluding hydrogens is 513 g/mol. The van der Waals surface area contributed by atoms with Crippen molar-refractivity contribution in [2.24, 2.45) is 0 Å². The minimum Gasteiger partial charge on any atom is -0.457 e. The van der Waals surface area contributed by atoms with Gasteiger partial charge in [0, 0.05) is 5.39 Å². The molecule has 8 heteroatoms. The van der Waals surface area contributed by atoms with E-state index in [0.717, 1.165) is 10.9 Å². The zero-order valence-electron chi connectivity index (χ0n) is 15.8. The highest BCUT2D eigenvalue weighted by atomic mass is 127. The molecule has 0 N–H and O–H groups in total. The zero-order valence-corrected chi connectivity index (χ0v) is 18.0. The molecule has 31 heavy (non-hydrogen) atoms. The molecule has 0 saturated carbocycles. The van der Waals surface area contributed by atoms with Crippen molar-refractivity contribution in [1.82, 2.24) is 20.0 Å². The first-order valence-corrected chi connectivity index (χ1v) is 10.4. The molecule has 0 bridgehead atoms. The summed E-state index contributed by atoms with van der Waals surface area (Å²) in [6, 6.07) is 19.9. The van der Waals surface area contributed by atoms with Gasteiger partial charge in [-0.2, -0.15) is 0 Å². The number of pyridine rings is 1. The molecule has 0 amide bonds. The van der Waals surface area contributed by atoms with Gasteiger partial charge >= 0.3 is 0 Å². The van der Waals surface area contributed by atoms with Crippen molar-refractivity contribution in [3.8, 4) is 28.6 Å². The van der Waals surface area contributed by atoms with Crippen LogP contribution in [0.1, 0.15) is 0 Å². The van der Waals surface area contributed by atoms with Crippen LogP contribution in [0.2, 0.25) is 0 Å². The maximum Gasteiger partial charge on any atom is 0.136 e. The molecule has 2 aromatic heterocycles. The van der Waals surface area contributed by atoms with Crippen molar-refractivity contribution in [3.05, 3.63) is 94.2 Å². The summed E-state index contributed by atoms with van der Waals surface area (Å²) in [6.07, 6.45) is 1.74. The van der Waals surface area contributed by atoms with Crippen molar-refractivity contribution in [2.45, 2.75) is 0 Å². The molecule has 5 rings (SSSR count). The van der Waals surface area contributed by atoms with Crippen LogP contribution in [0, 0.1) is 15.2 Å². The topological polar surface area (TPSA) is 52.8 Å². The zero-order chi connectivity index (χ0) is 21.4. The fourth-order valence-corrected chi connectivity index (χ4v) is 3.61. The third-order valence-electron chi connectivity index (χ3n) is 4.66. The SMILES string of the molecule is Fc1ccc(-n2cc(-c3ccc4c(Oc5ccc(F)c(I)c5)cccc4n3)nn2)cc1. The number of benzene rings is 3. The lowest BCUT2D eigenvalue weighted by Crippen LogP contribution is -1.94. The highest BCUT2D eigenvalue weighted by Gasteiger charge is 2.11. The van der Waals surface area contributed by atoms with Gasteiger partial charge < -0.3 is 4.74 Å². The largest absolute Gasteiger partial charge is 0.457 e. The summed E-state index contributed by atoms with van der Waals surface area (Å²) >= 11 is 1.93. The van der Waals surface area contributed by atoms with Gasteiger partial charge in [0.05, 0.1) is 26.7 Å². The molecule has 2 heterocycles. The van der Waals surface area contributed by atoms with Gasteiger partial charge in [0.15, 0.2) is 0 Å². The Morgan fingerprint density at radius 2 is 1.71 bits per heavy atom. The summed E-state index contributed by atoms with van der Waals surface area (Å²) in [5, 5.41) is 9.11. The fraction of sp³-hybridized carbons (Fsp3) is 0. The average Bonchev–Trinajstić information content (AvgIpc) is 3.27. The van der Waals surface area contributed by atoms with Gasteiger partial charge in [-0.15, -0.1) is 5.10 Å². The Morgan fingerprint density at radius 1 is 0.871 bits per heavy atom. The maximum absolute atomic E-state index is 13.5. The first-order valence-electron chi connectivity index (χ1n) is 9.28. The molecule has 0 aliphatic rings. The number of ether oxygens (including phenoxy) is 1. The normalized spacial score (nSPS) is 11.1. The van der Waals surface area contributed by atoms with Crippen LogP contribution in [-0.2, 0) is 0 Å². The Bertz CT molecular complexity index is 1400. The van der Waals surface area contributed by atoms with E-state index in [9.17, 15) is 8.78 Å². The Balaban J connectivity index is 1.47. The van der Waals surface area contributed by atoms with E-state index in [2.05, 4.69) is 15.3 Å². The number of nitrogens with zero attached hydrogens (tertiary/aromatic N) is 4. The second-order valence-corrected chi connectivity index (χ2v) is 7.88. The minimum atomic E-state index is -0.311. The molecule has 152 valence electrons.